The molecular weight excluding hydrogens is 256 g/mol. The molecule has 0 atom stereocenters. The fourth-order valence-electron chi connectivity index (χ4n) is 2.17. The molecular formula is C15H22N2O3. The third-order valence-electron chi connectivity index (χ3n) is 3.24. The third-order valence-corrected chi connectivity index (χ3v) is 3.24. The molecule has 1 aliphatic rings. The van der Waals surface area contributed by atoms with Crippen molar-refractivity contribution >= 4 is 11.6 Å². The molecule has 0 aliphatic carbocycles. The zero-order chi connectivity index (χ0) is 14.2. The van der Waals surface area contributed by atoms with Crippen LogP contribution in [0.15, 0.2) is 18.2 Å². The lowest BCUT2D eigenvalue weighted by molar-refractivity contribution is -0.123. The Morgan fingerprint density at radius 3 is 3.20 bits per heavy atom. The second-order valence-corrected chi connectivity index (χ2v) is 4.83. The number of hydrogen-bond donors (Lipinski definition) is 2. The Balaban J connectivity index is 1.74. The molecule has 0 radical (unpaired) electrons. The first-order valence-electron chi connectivity index (χ1n) is 7.05. The van der Waals surface area contributed by atoms with E-state index in [1.807, 2.05) is 12.1 Å². The van der Waals surface area contributed by atoms with E-state index in [1.165, 1.54) is 5.56 Å². The Bertz CT molecular complexity index is 449. The van der Waals surface area contributed by atoms with Crippen LogP contribution >= 0.6 is 0 Å². The number of carbonyl (C=O) groups excluding carboxylic acids is 1. The summed E-state index contributed by atoms with van der Waals surface area (Å²) >= 11 is 0. The fourth-order valence-corrected chi connectivity index (χ4v) is 2.17. The molecule has 0 fully saturated rings. The molecule has 5 nitrogen and oxygen atoms in total. The molecule has 1 heterocycles. The van der Waals surface area contributed by atoms with Gasteiger partial charge in [-0.25, -0.2) is 0 Å². The summed E-state index contributed by atoms with van der Waals surface area (Å²) in [4.78, 5) is 11.6. The highest BCUT2D eigenvalue weighted by Gasteiger charge is 2.09. The molecule has 2 N–H and O–H groups in total. The van der Waals surface area contributed by atoms with Crippen molar-refractivity contribution in [3.63, 3.8) is 0 Å². The normalized spacial score (nSPS) is 13.2. The summed E-state index contributed by atoms with van der Waals surface area (Å²) in [5.74, 6) is 0.622. The average Bonchev–Trinajstić information content (AvgIpc) is 2.49. The molecule has 1 aromatic rings. The van der Waals surface area contributed by atoms with Crippen LogP contribution < -0.4 is 15.4 Å². The van der Waals surface area contributed by atoms with E-state index in [4.69, 9.17) is 9.47 Å². The van der Waals surface area contributed by atoms with Crippen LogP contribution in [0.4, 0.5) is 5.69 Å². The maximum Gasteiger partial charge on any atom is 0.257 e. The van der Waals surface area contributed by atoms with Crippen molar-refractivity contribution in [3.8, 4) is 5.75 Å². The topological polar surface area (TPSA) is 59.6 Å². The fraction of sp³-hybridized carbons (Fsp3) is 0.533. The Hall–Kier alpha value is -1.75. The SMILES string of the molecule is COCCCNC(=O)COc1ccc2c(c1)NCCC2. The third kappa shape index (κ3) is 4.42. The second-order valence-electron chi connectivity index (χ2n) is 4.83. The quantitative estimate of drug-likeness (QED) is 0.743. The minimum atomic E-state index is -0.105. The largest absolute Gasteiger partial charge is 0.484 e. The molecule has 0 saturated heterocycles. The van der Waals surface area contributed by atoms with Crippen molar-refractivity contribution in [1.29, 1.82) is 0 Å². The first-order valence-corrected chi connectivity index (χ1v) is 7.05. The number of fused-ring (bicyclic) bond motifs is 1. The van der Waals surface area contributed by atoms with E-state index in [2.05, 4.69) is 16.7 Å². The van der Waals surface area contributed by atoms with E-state index in [0.29, 0.717) is 13.2 Å². The van der Waals surface area contributed by atoms with Crippen molar-refractivity contribution in [1.82, 2.24) is 5.32 Å². The standard InChI is InChI=1S/C15H22N2O3/c1-19-9-3-8-17-15(18)11-20-13-6-5-12-4-2-7-16-14(12)10-13/h5-6,10,16H,2-4,7-9,11H2,1H3,(H,17,18). The van der Waals surface area contributed by atoms with Gasteiger partial charge in [0, 0.05) is 38.6 Å². The lowest BCUT2D eigenvalue weighted by Gasteiger charge is -2.18. The Labute approximate surface area is 119 Å². The second kappa shape index (κ2) is 7.75. The molecule has 1 amide bonds. The van der Waals surface area contributed by atoms with Crippen LogP contribution in [0.5, 0.6) is 5.75 Å². The van der Waals surface area contributed by atoms with Gasteiger partial charge in [0.1, 0.15) is 5.75 Å². The van der Waals surface area contributed by atoms with E-state index in [0.717, 1.165) is 37.2 Å². The predicted octanol–water partition coefficient (Wildman–Crippen LogP) is 1.58. The molecule has 0 saturated carbocycles. The zero-order valence-electron chi connectivity index (χ0n) is 11.9. The number of carbonyl (C=O) groups is 1. The lowest BCUT2D eigenvalue weighted by atomic mass is 10.0. The maximum atomic E-state index is 11.6. The molecule has 20 heavy (non-hydrogen) atoms. The number of amides is 1. The zero-order valence-corrected chi connectivity index (χ0v) is 11.9. The average molecular weight is 278 g/mol. The van der Waals surface area contributed by atoms with Crippen molar-refractivity contribution in [2.45, 2.75) is 19.3 Å². The van der Waals surface area contributed by atoms with E-state index >= 15 is 0 Å². The Morgan fingerprint density at radius 2 is 2.35 bits per heavy atom. The first kappa shape index (κ1) is 14.7. The molecule has 1 aromatic carbocycles. The number of rotatable bonds is 7. The van der Waals surface area contributed by atoms with Crippen molar-refractivity contribution < 1.29 is 14.3 Å². The summed E-state index contributed by atoms with van der Waals surface area (Å²) in [6, 6.07) is 5.95. The summed E-state index contributed by atoms with van der Waals surface area (Å²) in [5.41, 5.74) is 2.43. The lowest BCUT2D eigenvalue weighted by Crippen LogP contribution is -2.30. The monoisotopic (exact) mass is 278 g/mol. The van der Waals surface area contributed by atoms with Crippen molar-refractivity contribution in [2.24, 2.45) is 0 Å². The number of ether oxygens (including phenoxy) is 2. The molecule has 5 heteroatoms. The van der Waals surface area contributed by atoms with E-state index < -0.39 is 0 Å². The highest BCUT2D eigenvalue weighted by atomic mass is 16.5. The molecule has 0 aromatic heterocycles. The van der Waals surface area contributed by atoms with Gasteiger partial charge in [-0.15, -0.1) is 0 Å². The number of methoxy groups -OCH3 is 1. The summed E-state index contributed by atoms with van der Waals surface area (Å²) in [7, 11) is 1.65. The van der Waals surface area contributed by atoms with E-state index in [1.54, 1.807) is 7.11 Å². The van der Waals surface area contributed by atoms with Gasteiger partial charge in [0.25, 0.3) is 5.91 Å². The number of anilines is 1. The van der Waals surface area contributed by atoms with Gasteiger partial charge in [0.05, 0.1) is 0 Å². The Kier molecular flexibility index (Phi) is 5.68. The van der Waals surface area contributed by atoms with Crippen LogP contribution in [-0.2, 0) is 16.0 Å². The number of hydrogen-bond acceptors (Lipinski definition) is 4. The van der Waals surface area contributed by atoms with Gasteiger partial charge in [-0.3, -0.25) is 4.79 Å². The minimum absolute atomic E-state index is 0.0474. The van der Waals surface area contributed by atoms with Crippen LogP contribution in [0.25, 0.3) is 0 Å². The van der Waals surface area contributed by atoms with Gasteiger partial charge in [0.2, 0.25) is 0 Å². The number of aryl methyl sites for hydroxylation is 1. The van der Waals surface area contributed by atoms with Crippen LogP contribution in [-0.4, -0.2) is 39.3 Å². The maximum absolute atomic E-state index is 11.6. The van der Waals surface area contributed by atoms with Gasteiger partial charge < -0.3 is 20.1 Å². The molecule has 0 spiro atoms. The van der Waals surface area contributed by atoms with Crippen molar-refractivity contribution in [2.75, 3.05) is 38.7 Å². The Morgan fingerprint density at radius 1 is 1.45 bits per heavy atom. The molecule has 0 bridgehead atoms. The highest BCUT2D eigenvalue weighted by Crippen LogP contribution is 2.26. The van der Waals surface area contributed by atoms with Gasteiger partial charge in [-0.05, 0) is 30.9 Å². The smallest absolute Gasteiger partial charge is 0.257 e. The van der Waals surface area contributed by atoms with E-state index in [-0.39, 0.29) is 12.5 Å². The summed E-state index contributed by atoms with van der Waals surface area (Å²) in [5, 5.41) is 6.14. The van der Waals surface area contributed by atoms with Crippen LogP contribution in [0, 0.1) is 0 Å². The minimum Gasteiger partial charge on any atom is -0.484 e. The van der Waals surface area contributed by atoms with Crippen LogP contribution in [0.1, 0.15) is 18.4 Å². The summed E-state index contributed by atoms with van der Waals surface area (Å²) in [6.45, 7) is 2.31. The summed E-state index contributed by atoms with van der Waals surface area (Å²) < 4.78 is 10.4. The first-order chi connectivity index (χ1) is 9.79. The molecule has 110 valence electrons. The van der Waals surface area contributed by atoms with E-state index in [9.17, 15) is 4.79 Å². The molecule has 2 rings (SSSR count). The molecule has 0 unspecified atom stereocenters. The van der Waals surface area contributed by atoms with Gasteiger partial charge in [-0.2, -0.15) is 0 Å². The van der Waals surface area contributed by atoms with Gasteiger partial charge in [-0.1, -0.05) is 6.07 Å². The molecule has 1 aliphatic heterocycles. The number of benzene rings is 1. The van der Waals surface area contributed by atoms with Gasteiger partial charge >= 0.3 is 0 Å². The number of nitrogens with one attached hydrogen (secondary N) is 2. The highest BCUT2D eigenvalue weighted by molar-refractivity contribution is 5.77. The van der Waals surface area contributed by atoms with Crippen LogP contribution in [0.2, 0.25) is 0 Å². The van der Waals surface area contributed by atoms with Crippen LogP contribution in [0.3, 0.4) is 0 Å². The van der Waals surface area contributed by atoms with Crippen molar-refractivity contribution in [3.05, 3.63) is 23.8 Å². The van der Waals surface area contributed by atoms with Gasteiger partial charge in [0.15, 0.2) is 6.61 Å². The summed E-state index contributed by atoms with van der Waals surface area (Å²) in [6.07, 6.45) is 3.07. The predicted molar refractivity (Wildman–Crippen MR) is 78.3 cm³/mol.